The molecular formula is C7H11F3N2OS. The van der Waals surface area contributed by atoms with Gasteiger partial charge in [-0.15, -0.1) is 11.8 Å². The number of hydrogen-bond acceptors (Lipinski definition) is 3. The fourth-order valence-electron chi connectivity index (χ4n) is 1.11. The number of nitrogens with one attached hydrogen (secondary N) is 2. The minimum absolute atomic E-state index is 0.0244. The average molecular weight is 228 g/mol. The van der Waals surface area contributed by atoms with Crippen LogP contribution < -0.4 is 10.6 Å². The van der Waals surface area contributed by atoms with E-state index in [9.17, 15) is 18.0 Å². The highest BCUT2D eigenvalue weighted by atomic mass is 32.2. The summed E-state index contributed by atoms with van der Waals surface area (Å²) in [6.45, 7) is 2.61. The average Bonchev–Trinajstić information content (AvgIpc) is 2.45. The Labute approximate surface area is 83.8 Å². The molecule has 0 aromatic rings. The Balaban J connectivity index is 2.24. The summed E-state index contributed by atoms with van der Waals surface area (Å²) in [6, 6.07) is 0. The Bertz CT molecular complexity index is 221. The first-order valence-corrected chi connectivity index (χ1v) is 5.07. The van der Waals surface area contributed by atoms with Gasteiger partial charge in [0.05, 0.1) is 5.37 Å². The maximum atomic E-state index is 11.8. The largest absolute Gasteiger partial charge is 0.471 e. The molecular weight excluding hydrogens is 217 g/mol. The van der Waals surface area contributed by atoms with Crippen molar-refractivity contribution in [1.29, 1.82) is 0 Å². The van der Waals surface area contributed by atoms with E-state index in [-0.39, 0.29) is 17.2 Å². The SMILES string of the molecule is C[C@H]1NCC(CNC(=O)C(F)(F)F)S1. The molecule has 0 bridgehead atoms. The maximum Gasteiger partial charge on any atom is 0.471 e. The second-order valence-corrected chi connectivity index (χ2v) is 4.66. The number of carbonyl (C=O) groups is 1. The molecule has 82 valence electrons. The summed E-state index contributed by atoms with van der Waals surface area (Å²) in [7, 11) is 0. The van der Waals surface area contributed by atoms with Crippen LogP contribution in [0.3, 0.4) is 0 Å². The highest BCUT2D eigenvalue weighted by Crippen LogP contribution is 2.21. The van der Waals surface area contributed by atoms with Crippen molar-refractivity contribution in [3.05, 3.63) is 0 Å². The predicted octanol–water partition coefficient (Wildman–Crippen LogP) is 0.716. The number of hydrogen-bond donors (Lipinski definition) is 2. The number of rotatable bonds is 2. The third-order valence-electron chi connectivity index (χ3n) is 1.78. The second kappa shape index (κ2) is 4.39. The summed E-state index contributed by atoms with van der Waals surface area (Å²) in [5.41, 5.74) is 0. The quantitative estimate of drug-likeness (QED) is 0.731. The molecule has 0 saturated carbocycles. The van der Waals surface area contributed by atoms with Crippen LogP contribution in [0.2, 0.25) is 0 Å². The molecule has 0 spiro atoms. The van der Waals surface area contributed by atoms with Gasteiger partial charge in [-0.25, -0.2) is 0 Å². The van der Waals surface area contributed by atoms with Gasteiger partial charge in [-0.1, -0.05) is 0 Å². The van der Waals surface area contributed by atoms with Crippen LogP contribution in [0, 0.1) is 0 Å². The summed E-state index contributed by atoms with van der Waals surface area (Å²) >= 11 is 1.52. The minimum Gasteiger partial charge on any atom is -0.347 e. The van der Waals surface area contributed by atoms with Gasteiger partial charge in [-0.3, -0.25) is 4.79 Å². The zero-order valence-corrected chi connectivity index (χ0v) is 8.34. The number of carbonyl (C=O) groups excluding carboxylic acids is 1. The minimum atomic E-state index is -4.78. The van der Waals surface area contributed by atoms with Gasteiger partial charge in [0.1, 0.15) is 0 Å². The van der Waals surface area contributed by atoms with Crippen LogP contribution in [0.5, 0.6) is 0 Å². The van der Waals surface area contributed by atoms with Crippen LogP contribution in [-0.4, -0.2) is 35.8 Å². The van der Waals surface area contributed by atoms with Crippen molar-refractivity contribution < 1.29 is 18.0 Å². The molecule has 0 aromatic heterocycles. The highest BCUT2D eigenvalue weighted by molar-refractivity contribution is 8.00. The van der Waals surface area contributed by atoms with Gasteiger partial charge >= 0.3 is 12.1 Å². The number of alkyl halides is 3. The van der Waals surface area contributed by atoms with E-state index in [4.69, 9.17) is 0 Å². The molecule has 0 aliphatic carbocycles. The van der Waals surface area contributed by atoms with Crippen LogP contribution in [-0.2, 0) is 4.79 Å². The Morgan fingerprint density at radius 3 is 2.71 bits per heavy atom. The Morgan fingerprint density at radius 1 is 1.64 bits per heavy atom. The van der Waals surface area contributed by atoms with E-state index in [0.717, 1.165) is 0 Å². The van der Waals surface area contributed by atoms with E-state index in [1.165, 1.54) is 11.8 Å². The smallest absolute Gasteiger partial charge is 0.347 e. The number of thioether (sulfide) groups is 1. The molecule has 1 amide bonds. The van der Waals surface area contributed by atoms with Crippen molar-refractivity contribution >= 4 is 17.7 Å². The van der Waals surface area contributed by atoms with Crippen LogP contribution >= 0.6 is 11.8 Å². The van der Waals surface area contributed by atoms with Crippen LogP contribution in [0.4, 0.5) is 13.2 Å². The summed E-state index contributed by atoms with van der Waals surface area (Å²) in [6.07, 6.45) is -4.78. The van der Waals surface area contributed by atoms with Gasteiger partial charge in [0.25, 0.3) is 0 Å². The van der Waals surface area contributed by atoms with Gasteiger partial charge in [-0.05, 0) is 6.92 Å². The van der Waals surface area contributed by atoms with Gasteiger partial charge < -0.3 is 10.6 Å². The fraction of sp³-hybridized carbons (Fsp3) is 0.857. The van der Waals surface area contributed by atoms with E-state index < -0.39 is 12.1 Å². The van der Waals surface area contributed by atoms with E-state index in [1.807, 2.05) is 12.2 Å². The van der Waals surface area contributed by atoms with Crippen molar-refractivity contribution in [3.63, 3.8) is 0 Å². The standard InChI is InChI=1S/C7H11F3N2OS/c1-4-11-2-5(14-4)3-12-6(13)7(8,9)10/h4-5,11H,2-3H2,1H3,(H,12,13)/t4-,5?/m0/s1. The highest BCUT2D eigenvalue weighted by Gasteiger charge is 2.38. The van der Waals surface area contributed by atoms with Crippen LogP contribution in [0.25, 0.3) is 0 Å². The molecule has 2 atom stereocenters. The normalized spacial score (nSPS) is 27.7. The molecule has 1 heterocycles. The van der Waals surface area contributed by atoms with Gasteiger partial charge in [-0.2, -0.15) is 13.2 Å². The molecule has 0 aromatic carbocycles. The molecule has 3 nitrogen and oxygen atoms in total. The first kappa shape index (κ1) is 11.6. The fourth-order valence-corrected chi connectivity index (χ4v) is 2.25. The molecule has 14 heavy (non-hydrogen) atoms. The van der Waals surface area contributed by atoms with E-state index in [0.29, 0.717) is 6.54 Å². The molecule has 2 N–H and O–H groups in total. The molecule has 1 fully saturated rings. The van der Waals surface area contributed by atoms with Crippen molar-refractivity contribution in [1.82, 2.24) is 10.6 Å². The lowest BCUT2D eigenvalue weighted by molar-refractivity contribution is -0.173. The second-order valence-electron chi connectivity index (χ2n) is 3.02. The van der Waals surface area contributed by atoms with E-state index >= 15 is 0 Å². The lowest BCUT2D eigenvalue weighted by Gasteiger charge is -2.11. The van der Waals surface area contributed by atoms with Crippen molar-refractivity contribution in [2.45, 2.75) is 23.7 Å². The van der Waals surface area contributed by atoms with Crippen molar-refractivity contribution in [2.75, 3.05) is 13.1 Å². The molecule has 1 saturated heterocycles. The molecule has 0 radical (unpaired) electrons. The topological polar surface area (TPSA) is 41.1 Å². The van der Waals surface area contributed by atoms with Gasteiger partial charge in [0.15, 0.2) is 0 Å². The monoisotopic (exact) mass is 228 g/mol. The van der Waals surface area contributed by atoms with E-state index in [2.05, 4.69) is 5.32 Å². The summed E-state index contributed by atoms with van der Waals surface area (Å²) in [5.74, 6) is -1.86. The van der Waals surface area contributed by atoms with Crippen LogP contribution in [0.1, 0.15) is 6.92 Å². The molecule has 1 aliphatic rings. The maximum absolute atomic E-state index is 11.8. The van der Waals surface area contributed by atoms with E-state index in [1.54, 1.807) is 0 Å². The molecule has 1 rings (SSSR count). The Kier molecular flexibility index (Phi) is 3.65. The number of halogens is 3. The molecule has 7 heteroatoms. The molecule has 1 aliphatic heterocycles. The summed E-state index contributed by atoms with van der Waals surface area (Å²) in [4.78, 5) is 10.4. The first-order valence-electron chi connectivity index (χ1n) is 4.13. The third kappa shape index (κ3) is 3.38. The Morgan fingerprint density at radius 2 is 2.29 bits per heavy atom. The zero-order valence-electron chi connectivity index (χ0n) is 7.52. The number of amides is 1. The van der Waals surface area contributed by atoms with Gasteiger partial charge in [0.2, 0.25) is 0 Å². The zero-order chi connectivity index (χ0) is 10.8. The van der Waals surface area contributed by atoms with Gasteiger partial charge in [0, 0.05) is 18.3 Å². The Hall–Kier alpha value is -0.430. The lowest BCUT2D eigenvalue weighted by atomic mass is 10.4. The predicted molar refractivity (Wildman–Crippen MR) is 47.9 cm³/mol. The molecule has 1 unspecified atom stereocenters. The van der Waals surface area contributed by atoms with Crippen molar-refractivity contribution in [2.24, 2.45) is 0 Å². The van der Waals surface area contributed by atoms with Crippen molar-refractivity contribution in [3.8, 4) is 0 Å². The summed E-state index contributed by atoms with van der Waals surface area (Å²) in [5, 5.41) is 5.19. The summed E-state index contributed by atoms with van der Waals surface area (Å²) < 4.78 is 35.3. The lowest BCUT2D eigenvalue weighted by Crippen LogP contribution is -2.40. The third-order valence-corrected chi connectivity index (χ3v) is 3.07. The van der Waals surface area contributed by atoms with Crippen LogP contribution in [0.15, 0.2) is 0 Å². The first-order chi connectivity index (χ1) is 6.39.